The second-order valence-electron chi connectivity index (χ2n) is 5.61. The first-order valence-electron chi connectivity index (χ1n) is 6.97. The molecule has 106 valence electrons. The second-order valence-corrected chi connectivity index (χ2v) is 5.61. The van der Waals surface area contributed by atoms with E-state index in [4.69, 9.17) is 5.73 Å². The van der Waals surface area contributed by atoms with E-state index in [-0.39, 0.29) is 23.7 Å². The van der Waals surface area contributed by atoms with Gasteiger partial charge in [0.05, 0.1) is 0 Å². The molecule has 1 aliphatic heterocycles. The van der Waals surface area contributed by atoms with Gasteiger partial charge in [-0.1, -0.05) is 0 Å². The molecule has 0 spiro atoms. The smallest absolute Gasteiger partial charge is 0.123 e. The second kappa shape index (κ2) is 5.88. The van der Waals surface area contributed by atoms with Crippen molar-refractivity contribution in [1.29, 1.82) is 0 Å². The SMILES string of the molecule is CC(N)C1CCN(C(C)c2cc(F)ccc2O)CC1. The highest BCUT2D eigenvalue weighted by molar-refractivity contribution is 5.35. The molecule has 3 nitrogen and oxygen atoms in total. The fourth-order valence-electron chi connectivity index (χ4n) is 2.89. The Labute approximate surface area is 114 Å². The van der Waals surface area contributed by atoms with Crippen molar-refractivity contribution in [2.75, 3.05) is 13.1 Å². The molecule has 2 unspecified atom stereocenters. The number of rotatable bonds is 3. The monoisotopic (exact) mass is 266 g/mol. The van der Waals surface area contributed by atoms with Crippen molar-refractivity contribution in [3.63, 3.8) is 0 Å². The molecule has 0 aliphatic carbocycles. The van der Waals surface area contributed by atoms with Gasteiger partial charge in [0.2, 0.25) is 0 Å². The zero-order valence-corrected chi connectivity index (χ0v) is 11.6. The predicted octanol–water partition coefficient (Wildman–Crippen LogP) is 2.65. The van der Waals surface area contributed by atoms with Crippen molar-refractivity contribution >= 4 is 0 Å². The van der Waals surface area contributed by atoms with Crippen molar-refractivity contribution in [3.05, 3.63) is 29.6 Å². The van der Waals surface area contributed by atoms with Gasteiger partial charge < -0.3 is 10.8 Å². The Balaban J connectivity index is 2.05. The average molecular weight is 266 g/mol. The van der Waals surface area contributed by atoms with E-state index in [0.717, 1.165) is 25.9 Å². The summed E-state index contributed by atoms with van der Waals surface area (Å²) < 4.78 is 13.3. The summed E-state index contributed by atoms with van der Waals surface area (Å²) in [6.45, 7) is 5.97. The van der Waals surface area contributed by atoms with Crippen molar-refractivity contribution in [3.8, 4) is 5.75 Å². The molecule has 2 rings (SSSR count). The molecule has 0 radical (unpaired) electrons. The number of hydrogen-bond donors (Lipinski definition) is 2. The molecule has 1 aromatic carbocycles. The summed E-state index contributed by atoms with van der Waals surface area (Å²) in [5.74, 6) is 0.442. The van der Waals surface area contributed by atoms with Gasteiger partial charge in [0.25, 0.3) is 0 Å². The van der Waals surface area contributed by atoms with Crippen molar-refractivity contribution < 1.29 is 9.50 Å². The topological polar surface area (TPSA) is 49.5 Å². The van der Waals surface area contributed by atoms with Crippen LogP contribution in [0, 0.1) is 11.7 Å². The van der Waals surface area contributed by atoms with E-state index in [1.807, 2.05) is 6.92 Å². The van der Waals surface area contributed by atoms with Crippen LogP contribution in [0.25, 0.3) is 0 Å². The number of hydrogen-bond acceptors (Lipinski definition) is 3. The minimum Gasteiger partial charge on any atom is -0.508 e. The third-order valence-electron chi connectivity index (χ3n) is 4.31. The molecule has 0 aromatic heterocycles. The molecule has 1 saturated heterocycles. The number of nitrogens with two attached hydrogens (primary N) is 1. The largest absolute Gasteiger partial charge is 0.508 e. The number of phenols is 1. The quantitative estimate of drug-likeness (QED) is 0.884. The van der Waals surface area contributed by atoms with Crippen LogP contribution in [0.1, 0.15) is 38.3 Å². The summed E-state index contributed by atoms with van der Waals surface area (Å²) in [7, 11) is 0. The molecule has 0 bridgehead atoms. The van der Waals surface area contributed by atoms with E-state index in [1.165, 1.54) is 18.2 Å². The Morgan fingerprint density at radius 3 is 2.53 bits per heavy atom. The van der Waals surface area contributed by atoms with E-state index in [1.54, 1.807) is 0 Å². The van der Waals surface area contributed by atoms with Crippen LogP contribution in [0.4, 0.5) is 4.39 Å². The van der Waals surface area contributed by atoms with Gasteiger partial charge in [0.1, 0.15) is 11.6 Å². The Morgan fingerprint density at radius 2 is 1.95 bits per heavy atom. The van der Waals surface area contributed by atoms with Crippen LogP contribution >= 0.6 is 0 Å². The van der Waals surface area contributed by atoms with Gasteiger partial charge in [-0.2, -0.15) is 0 Å². The minimum absolute atomic E-state index is 0.0322. The Hall–Kier alpha value is -1.13. The number of halogens is 1. The summed E-state index contributed by atoms with van der Waals surface area (Å²) in [4.78, 5) is 2.29. The van der Waals surface area contributed by atoms with E-state index >= 15 is 0 Å². The minimum atomic E-state index is -0.301. The van der Waals surface area contributed by atoms with Gasteiger partial charge in [0.15, 0.2) is 0 Å². The molecular formula is C15H23FN2O. The molecular weight excluding hydrogens is 243 g/mol. The van der Waals surface area contributed by atoms with E-state index in [2.05, 4.69) is 11.8 Å². The van der Waals surface area contributed by atoms with Crippen LogP contribution in [0.15, 0.2) is 18.2 Å². The summed E-state index contributed by atoms with van der Waals surface area (Å²) in [6, 6.07) is 4.41. The van der Waals surface area contributed by atoms with Crippen LogP contribution in [-0.2, 0) is 0 Å². The van der Waals surface area contributed by atoms with Crippen LogP contribution in [-0.4, -0.2) is 29.1 Å². The van der Waals surface area contributed by atoms with Gasteiger partial charge in [0, 0.05) is 17.6 Å². The number of nitrogens with zero attached hydrogens (tertiary/aromatic N) is 1. The lowest BCUT2D eigenvalue weighted by molar-refractivity contribution is 0.131. The van der Waals surface area contributed by atoms with E-state index < -0.39 is 0 Å². The van der Waals surface area contributed by atoms with Crippen LogP contribution in [0.5, 0.6) is 5.75 Å². The molecule has 1 fully saturated rings. The third kappa shape index (κ3) is 3.25. The number of aromatic hydroxyl groups is 1. The molecule has 1 aliphatic rings. The number of piperidine rings is 1. The van der Waals surface area contributed by atoms with Gasteiger partial charge in [-0.25, -0.2) is 4.39 Å². The highest BCUT2D eigenvalue weighted by Gasteiger charge is 2.26. The highest BCUT2D eigenvalue weighted by Crippen LogP contribution is 2.32. The molecule has 0 amide bonds. The molecule has 1 aromatic rings. The maximum atomic E-state index is 13.3. The number of likely N-dealkylation sites (tertiary alicyclic amines) is 1. The first-order chi connectivity index (χ1) is 8.99. The summed E-state index contributed by atoms with van der Waals surface area (Å²) in [6.07, 6.45) is 2.14. The van der Waals surface area contributed by atoms with Crippen molar-refractivity contribution in [1.82, 2.24) is 4.90 Å². The molecule has 19 heavy (non-hydrogen) atoms. The van der Waals surface area contributed by atoms with Gasteiger partial charge in [-0.15, -0.1) is 0 Å². The van der Waals surface area contributed by atoms with Crippen molar-refractivity contribution in [2.24, 2.45) is 11.7 Å². The first-order valence-corrected chi connectivity index (χ1v) is 6.97. The van der Waals surface area contributed by atoms with E-state index in [9.17, 15) is 9.50 Å². The molecule has 0 saturated carbocycles. The summed E-state index contributed by atoms with van der Waals surface area (Å²) in [5.41, 5.74) is 6.60. The van der Waals surface area contributed by atoms with Crippen molar-refractivity contribution in [2.45, 2.75) is 38.8 Å². The zero-order chi connectivity index (χ0) is 14.0. The number of benzene rings is 1. The number of phenolic OH excluding ortho intramolecular Hbond substituents is 1. The zero-order valence-electron chi connectivity index (χ0n) is 11.6. The lowest BCUT2D eigenvalue weighted by Gasteiger charge is -2.37. The fourth-order valence-corrected chi connectivity index (χ4v) is 2.89. The first kappa shape index (κ1) is 14.3. The standard InChI is InChI=1S/C15H23FN2O/c1-10(17)12-5-7-18(8-6-12)11(2)14-9-13(16)3-4-15(14)19/h3-4,9-12,19H,5-8,17H2,1-2H3. The Morgan fingerprint density at radius 1 is 1.32 bits per heavy atom. The average Bonchev–Trinajstić information content (AvgIpc) is 2.41. The third-order valence-corrected chi connectivity index (χ3v) is 4.31. The normalized spacial score (nSPS) is 21.3. The van der Waals surface area contributed by atoms with Crippen LogP contribution < -0.4 is 5.73 Å². The maximum Gasteiger partial charge on any atom is 0.123 e. The maximum absolute atomic E-state index is 13.3. The predicted molar refractivity (Wildman–Crippen MR) is 74.4 cm³/mol. The Bertz CT molecular complexity index is 428. The summed E-state index contributed by atoms with van der Waals surface area (Å²) >= 11 is 0. The van der Waals surface area contributed by atoms with Gasteiger partial charge >= 0.3 is 0 Å². The fraction of sp³-hybridized carbons (Fsp3) is 0.600. The molecule has 2 atom stereocenters. The van der Waals surface area contributed by atoms with E-state index in [0.29, 0.717) is 11.5 Å². The van der Waals surface area contributed by atoms with Gasteiger partial charge in [-0.05, 0) is 63.9 Å². The highest BCUT2D eigenvalue weighted by atomic mass is 19.1. The van der Waals surface area contributed by atoms with Crippen LogP contribution in [0.2, 0.25) is 0 Å². The molecule has 1 heterocycles. The lowest BCUT2D eigenvalue weighted by Crippen LogP contribution is -2.40. The summed E-state index contributed by atoms with van der Waals surface area (Å²) in [5, 5.41) is 9.86. The molecule has 3 N–H and O–H groups in total. The van der Waals surface area contributed by atoms with Crippen LogP contribution in [0.3, 0.4) is 0 Å². The van der Waals surface area contributed by atoms with Gasteiger partial charge in [-0.3, -0.25) is 4.90 Å². The lowest BCUT2D eigenvalue weighted by atomic mass is 9.89. The Kier molecular flexibility index (Phi) is 4.42. The molecule has 4 heteroatoms.